The van der Waals surface area contributed by atoms with Gasteiger partial charge in [0.25, 0.3) is 0 Å². The molecule has 3 fully saturated rings. The molecular weight excluding hydrogens is 656 g/mol. The molecular formula is C32H33BrN8O5. The molecule has 1 saturated carbocycles. The number of aromatic nitrogens is 6. The fourth-order valence-corrected chi connectivity index (χ4v) is 7.07. The van der Waals surface area contributed by atoms with Gasteiger partial charge in [-0.15, -0.1) is 0 Å². The van der Waals surface area contributed by atoms with E-state index in [4.69, 9.17) is 9.47 Å². The van der Waals surface area contributed by atoms with Gasteiger partial charge in [0.2, 0.25) is 11.8 Å². The van der Waals surface area contributed by atoms with E-state index in [1.54, 1.807) is 42.5 Å². The number of rotatable bonds is 7. The van der Waals surface area contributed by atoms with Crippen molar-refractivity contribution in [1.82, 2.24) is 34.6 Å². The van der Waals surface area contributed by atoms with Crippen molar-refractivity contribution in [3.05, 3.63) is 58.5 Å². The lowest BCUT2D eigenvalue weighted by Crippen LogP contribution is -2.47. The molecule has 2 aliphatic heterocycles. The highest BCUT2D eigenvalue weighted by atomic mass is 79.9. The van der Waals surface area contributed by atoms with Crippen LogP contribution in [0.3, 0.4) is 0 Å². The summed E-state index contributed by atoms with van der Waals surface area (Å²) in [6.45, 7) is 9.03. The van der Waals surface area contributed by atoms with Crippen LogP contribution in [0.5, 0.6) is 0 Å². The van der Waals surface area contributed by atoms with E-state index in [0.29, 0.717) is 57.9 Å². The lowest BCUT2D eigenvalue weighted by molar-refractivity contribution is -0.146. The number of aryl methyl sites for hydroxylation is 2. The van der Waals surface area contributed by atoms with Gasteiger partial charge in [-0.2, -0.15) is 5.10 Å². The Morgan fingerprint density at radius 2 is 1.85 bits per heavy atom. The highest BCUT2D eigenvalue weighted by molar-refractivity contribution is 9.10. The molecule has 1 aliphatic carbocycles. The molecule has 2 saturated heterocycles. The normalized spacial score (nSPS) is 24.7. The third kappa shape index (κ3) is 5.27. The Kier molecular flexibility index (Phi) is 7.29. The SMILES string of the molecule is CC(=O)c1nn(CC(=O)N2C3C[C@]3(C3COC(C)(C)O3)C[C@H]2C(=O)Nc2nc(Br)ccc2C)c2cnc(-c3cnc(C)nc3)cc12. The third-order valence-electron chi connectivity index (χ3n) is 9.20. The summed E-state index contributed by atoms with van der Waals surface area (Å²) in [5.74, 6) is -0.551. The molecule has 4 aromatic rings. The molecule has 13 nitrogen and oxygen atoms in total. The van der Waals surface area contributed by atoms with Crippen LogP contribution in [-0.2, 0) is 25.6 Å². The van der Waals surface area contributed by atoms with Crippen LogP contribution in [0.15, 0.2) is 41.4 Å². The first-order valence-electron chi connectivity index (χ1n) is 15.1. The summed E-state index contributed by atoms with van der Waals surface area (Å²) in [6, 6.07) is 4.44. The first-order chi connectivity index (χ1) is 21.8. The van der Waals surface area contributed by atoms with E-state index in [-0.39, 0.29) is 42.0 Å². The van der Waals surface area contributed by atoms with Crippen LogP contribution in [0.25, 0.3) is 22.2 Å². The minimum Gasteiger partial charge on any atom is -0.348 e. The van der Waals surface area contributed by atoms with E-state index in [1.165, 1.54) is 11.6 Å². The molecule has 7 rings (SSSR count). The van der Waals surface area contributed by atoms with Gasteiger partial charge in [0.1, 0.15) is 34.5 Å². The zero-order valence-electron chi connectivity index (χ0n) is 26.1. The standard InChI is InChI=1S/C32H33BrN8O5/c1-16-6-7-26(33)37-29(16)38-30(44)22-9-32(25-15-45-31(4,5)46-25)10-24(32)41(22)27(43)14-40-23-13-36-21(19-11-34-18(3)35-12-19)8-20(23)28(39-40)17(2)42/h6-8,11-13,22,24-25H,9-10,14-15H2,1-5H3,(H,37,38,44)/t22-,24?,25?,32+/m0/s1. The van der Waals surface area contributed by atoms with E-state index < -0.39 is 17.2 Å². The maximum Gasteiger partial charge on any atom is 0.248 e. The molecule has 46 heavy (non-hydrogen) atoms. The van der Waals surface area contributed by atoms with Gasteiger partial charge in [-0.3, -0.25) is 24.0 Å². The van der Waals surface area contributed by atoms with Crippen LogP contribution in [0.2, 0.25) is 0 Å². The molecule has 4 atom stereocenters. The lowest BCUT2D eigenvalue weighted by atomic mass is 9.93. The molecule has 238 valence electrons. The number of carbonyl (C=O) groups excluding carboxylic acids is 3. The van der Waals surface area contributed by atoms with Crippen molar-refractivity contribution >= 4 is 50.2 Å². The predicted octanol–water partition coefficient (Wildman–Crippen LogP) is 4.02. The second kappa shape index (κ2) is 11.0. The average Bonchev–Trinajstić information content (AvgIpc) is 3.26. The summed E-state index contributed by atoms with van der Waals surface area (Å²) >= 11 is 3.37. The number of ketones is 1. The third-order valence-corrected chi connectivity index (χ3v) is 9.64. The van der Waals surface area contributed by atoms with Crippen molar-refractivity contribution in [2.24, 2.45) is 5.41 Å². The number of ether oxygens (including phenoxy) is 2. The van der Waals surface area contributed by atoms with Crippen LogP contribution in [-0.4, -0.2) is 82.8 Å². The van der Waals surface area contributed by atoms with Crippen LogP contribution >= 0.6 is 15.9 Å². The Morgan fingerprint density at radius 3 is 2.54 bits per heavy atom. The minimum absolute atomic E-state index is 0.184. The van der Waals surface area contributed by atoms with Gasteiger partial charge in [0.15, 0.2) is 11.6 Å². The number of pyridine rings is 2. The number of carbonyl (C=O) groups is 3. The minimum atomic E-state index is -0.765. The van der Waals surface area contributed by atoms with Gasteiger partial charge in [-0.1, -0.05) is 6.07 Å². The van der Waals surface area contributed by atoms with E-state index in [1.807, 2.05) is 26.8 Å². The maximum absolute atomic E-state index is 14.2. The second-order valence-corrected chi connectivity index (χ2v) is 13.6. The predicted molar refractivity (Wildman–Crippen MR) is 170 cm³/mol. The van der Waals surface area contributed by atoms with Gasteiger partial charge in [0, 0.05) is 41.7 Å². The number of Topliss-reactive ketones (excluding diaryl/α,β-unsaturated/α-hetero) is 1. The molecule has 6 heterocycles. The van der Waals surface area contributed by atoms with Crippen LogP contribution < -0.4 is 5.32 Å². The summed E-state index contributed by atoms with van der Waals surface area (Å²) in [4.78, 5) is 59.9. The van der Waals surface area contributed by atoms with Crippen molar-refractivity contribution in [2.75, 3.05) is 11.9 Å². The van der Waals surface area contributed by atoms with Gasteiger partial charge >= 0.3 is 0 Å². The Hall–Kier alpha value is -4.14. The molecule has 1 N–H and O–H groups in total. The van der Waals surface area contributed by atoms with Gasteiger partial charge in [-0.25, -0.2) is 15.0 Å². The van der Waals surface area contributed by atoms with Crippen LogP contribution in [0, 0.1) is 19.3 Å². The quantitative estimate of drug-likeness (QED) is 0.222. The zero-order valence-corrected chi connectivity index (χ0v) is 27.7. The first-order valence-corrected chi connectivity index (χ1v) is 15.9. The maximum atomic E-state index is 14.2. The monoisotopic (exact) mass is 688 g/mol. The number of hydrogen-bond donors (Lipinski definition) is 1. The average molecular weight is 690 g/mol. The van der Waals surface area contributed by atoms with E-state index in [2.05, 4.69) is 46.3 Å². The number of fused-ring (bicyclic) bond motifs is 2. The van der Waals surface area contributed by atoms with Crippen LogP contribution in [0.1, 0.15) is 55.5 Å². The molecule has 4 aromatic heterocycles. The first kappa shape index (κ1) is 30.5. The number of halogens is 1. The Balaban J connectivity index is 1.21. The van der Waals surface area contributed by atoms with Crippen molar-refractivity contribution in [3.63, 3.8) is 0 Å². The number of nitrogens with zero attached hydrogens (tertiary/aromatic N) is 7. The Morgan fingerprint density at radius 1 is 1.09 bits per heavy atom. The molecule has 0 radical (unpaired) electrons. The largest absolute Gasteiger partial charge is 0.348 e. The highest BCUT2D eigenvalue weighted by Gasteiger charge is 2.72. The van der Waals surface area contributed by atoms with Gasteiger partial charge in [0.05, 0.1) is 30.1 Å². The lowest BCUT2D eigenvalue weighted by Gasteiger charge is -2.27. The molecule has 14 heteroatoms. The Bertz CT molecular complexity index is 1910. The van der Waals surface area contributed by atoms with E-state index in [9.17, 15) is 14.4 Å². The molecule has 0 aromatic carbocycles. The van der Waals surface area contributed by atoms with E-state index >= 15 is 0 Å². The summed E-state index contributed by atoms with van der Waals surface area (Å²) in [5, 5.41) is 8.06. The number of nitrogens with one attached hydrogen (secondary N) is 1. The highest BCUT2D eigenvalue weighted by Crippen LogP contribution is 2.64. The summed E-state index contributed by atoms with van der Waals surface area (Å²) < 4.78 is 14.2. The second-order valence-electron chi connectivity index (χ2n) is 12.7. The summed E-state index contributed by atoms with van der Waals surface area (Å²) in [6.07, 6.45) is 5.81. The zero-order chi connectivity index (χ0) is 32.5. The number of likely N-dealkylation sites (tertiary alicyclic amines) is 1. The molecule has 0 spiro atoms. The molecule has 2 amide bonds. The van der Waals surface area contributed by atoms with Crippen molar-refractivity contribution < 1.29 is 23.9 Å². The van der Waals surface area contributed by atoms with Crippen molar-refractivity contribution in [3.8, 4) is 11.3 Å². The molecule has 3 aliphatic rings. The smallest absolute Gasteiger partial charge is 0.248 e. The van der Waals surface area contributed by atoms with Crippen molar-refractivity contribution in [1.29, 1.82) is 0 Å². The number of amides is 2. The number of piperidine rings is 1. The van der Waals surface area contributed by atoms with E-state index in [0.717, 1.165) is 5.56 Å². The summed E-state index contributed by atoms with van der Waals surface area (Å²) in [7, 11) is 0. The van der Waals surface area contributed by atoms with Crippen molar-refractivity contribution in [2.45, 2.75) is 78.0 Å². The van der Waals surface area contributed by atoms with Gasteiger partial charge < -0.3 is 19.7 Å². The summed E-state index contributed by atoms with van der Waals surface area (Å²) in [5.41, 5.74) is 2.42. The molecule has 2 unspecified atom stereocenters. The Labute approximate surface area is 273 Å². The number of anilines is 1. The van der Waals surface area contributed by atoms with Crippen LogP contribution in [0.4, 0.5) is 5.82 Å². The fourth-order valence-electron chi connectivity index (χ4n) is 6.76. The topological polar surface area (TPSA) is 154 Å². The van der Waals surface area contributed by atoms with Gasteiger partial charge in [-0.05, 0) is 74.2 Å². The number of hydrogen-bond acceptors (Lipinski definition) is 10. The fraction of sp³-hybridized carbons (Fsp3) is 0.438. The molecule has 0 bridgehead atoms.